The summed E-state index contributed by atoms with van der Waals surface area (Å²) in [5.74, 6) is 0. The van der Waals surface area contributed by atoms with Crippen LogP contribution >= 0.6 is 0 Å². The predicted molar refractivity (Wildman–Crippen MR) is 102 cm³/mol. The fourth-order valence-corrected chi connectivity index (χ4v) is 5.07. The largest absolute Gasteiger partial charge is 0.353 e. The molecule has 24 heavy (non-hydrogen) atoms. The van der Waals surface area contributed by atoms with Crippen molar-refractivity contribution in [3.63, 3.8) is 0 Å². The van der Waals surface area contributed by atoms with Gasteiger partial charge in [-0.1, -0.05) is 50.7 Å². The van der Waals surface area contributed by atoms with Crippen molar-refractivity contribution in [1.82, 2.24) is 15.2 Å². The third-order valence-electron chi connectivity index (χ3n) is 5.09. The molecule has 0 atom stereocenters. The predicted octanol–water partition coefficient (Wildman–Crippen LogP) is 4.23. The molecule has 123 valence electrons. The van der Waals surface area contributed by atoms with E-state index in [0.29, 0.717) is 20.6 Å². The number of fused-ring (bicyclic) bond motifs is 2. The first-order valence-electron chi connectivity index (χ1n) is 8.95. The van der Waals surface area contributed by atoms with Crippen LogP contribution in [0.4, 0.5) is 0 Å². The number of rotatable bonds is 3. The van der Waals surface area contributed by atoms with Gasteiger partial charge in [0.15, 0.2) is 0 Å². The number of aromatic amines is 2. The van der Waals surface area contributed by atoms with E-state index in [-0.39, 0.29) is 0 Å². The molecule has 0 unspecified atom stereocenters. The zero-order valence-electron chi connectivity index (χ0n) is 15.0. The lowest BCUT2D eigenvalue weighted by Crippen LogP contribution is -2.21. The first-order valence-corrected chi connectivity index (χ1v) is 10.2. The lowest BCUT2D eigenvalue weighted by Gasteiger charge is -2.28. The van der Waals surface area contributed by atoms with Crippen LogP contribution in [0, 0.1) is 5.41 Å². The number of benzene rings is 1. The topological polar surface area (TPSA) is 44.5 Å². The summed E-state index contributed by atoms with van der Waals surface area (Å²) >= 11 is 0.344. The van der Waals surface area contributed by atoms with Gasteiger partial charge in [-0.3, -0.25) is 5.10 Å². The van der Waals surface area contributed by atoms with Gasteiger partial charge in [0.05, 0.1) is 5.69 Å². The van der Waals surface area contributed by atoms with Crippen LogP contribution in [0.2, 0.25) is 4.78 Å². The van der Waals surface area contributed by atoms with Crippen molar-refractivity contribution in [3.05, 3.63) is 35.5 Å². The Bertz CT molecular complexity index is 886. The van der Waals surface area contributed by atoms with E-state index >= 15 is 0 Å². The van der Waals surface area contributed by atoms with Gasteiger partial charge in [-0.25, -0.2) is 0 Å². The maximum Gasteiger partial charge on any atom is 0.253 e. The molecule has 4 rings (SSSR count). The molecule has 0 saturated carbocycles. The van der Waals surface area contributed by atoms with Gasteiger partial charge >= 0.3 is 0 Å². The van der Waals surface area contributed by atoms with Crippen molar-refractivity contribution in [2.45, 2.75) is 51.7 Å². The van der Waals surface area contributed by atoms with Gasteiger partial charge in [0.2, 0.25) is 0 Å². The summed E-state index contributed by atoms with van der Waals surface area (Å²) < 4.78 is 2.25. The van der Waals surface area contributed by atoms with Crippen LogP contribution in [0.1, 0.15) is 45.4 Å². The molecule has 0 aliphatic heterocycles. The zero-order valence-corrected chi connectivity index (χ0v) is 16.2. The molecular formula is C20H25AlN3. The van der Waals surface area contributed by atoms with Gasteiger partial charge < -0.3 is 4.98 Å². The summed E-state index contributed by atoms with van der Waals surface area (Å²) in [5.41, 5.74) is 6.63. The van der Waals surface area contributed by atoms with Crippen LogP contribution in [0.5, 0.6) is 0 Å². The highest BCUT2D eigenvalue weighted by Gasteiger charge is 2.29. The Morgan fingerprint density at radius 1 is 1.21 bits per heavy atom. The molecule has 1 radical (unpaired) electrons. The van der Waals surface area contributed by atoms with E-state index in [1.165, 1.54) is 33.0 Å². The van der Waals surface area contributed by atoms with Gasteiger partial charge in [-0.2, -0.15) is 5.10 Å². The average molecular weight is 334 g/mol. The SMILES string of the molecule is C[CH](C)[Al][c]1ccc2cc(-c3n[nH]c4c3CCC(C)(C)C4)[nH]c2c1. The van der Waals surface area contributed by atoms with Crippen molar-refractivity contribution in [2.24, 2.45) is 5.41 Å². The molecule has 1 aliphatic rings. The van der Waals surface area contributed by atoms with Crippen molar-refractivity contribution in [2.75, 3.05) is 0 Å². The standard InChI is InChI=1S/C17H18N3.C3H7.Al/c1-17(2)8-7-12-15(10-17)19-20-16(12)14-9-11-5-3-4-6-13(11)18-14;1-3-2;/h3,5-6,9,18H,7-8,10H2,1-2H3,(H,19,20);3H,1-2H3;. The van der Waals surface area contributed by atoms with Crippen LogP contribution in [0.3, 0.4) is 0 Å². The van der Waals surface area contributed by atoms with E-state index in [1.807, 2.05) is 0 Å². The monoisotopic (exact) mass is 334 g/mol. The minimum Gasteiger partial charge on any atom is -0.353 e. The molecular weight excluding hydrogens is 309 g/mol. The maximum absolute atomic E-state index is 4.65. The van der Waals surface area contributed by atoms with Gasteiger partial charge in [0, 0.05) is 16.8 Å². The number of H-pyrrole nitrogens is 2. The van der Waals surface area contributed by atoms with Crippen molar-refractivity contribution in [1.29, 1.82) is 0 Å². The number of nitrogens with zero attached hydrogens (tertiary/aromatic N) is 1. The molecule has 1 aromatic carbocycles. The van der Waals surface area contributed by atoms with E-state index in [1.54, 1.807) is 0 Å². The van der Waals surface area contributed by atoms with Gasteiger partial charge in [0.25, 0.3) is 15.2 Å². The molecule has 0 spiro atoms. The van der Waals surface area contributed by atoms with E-state index in [4.69, 9.17) is 0 Å². The van der Waals surface area contributed by atoms with Crippen molar-refractivity contribution in [3.8, 4) is 11.4 Å². The lowest BCUT2D eigenvalue weighted by atomic mass is 9.76. The Kier molecular flexibility index (Phi) is 3.86. The maximum atomic E-state index is 4.65. The Balaban J connectivity index is 1.71. The molecule has 3 nitrogen and oxygen atoms in total. The third kappa shape index (κ3) is 2.94. The molecule has 0 bridgehead atoms. The fourth-order valence-electron chi connectivity index (χ4n) is 3.83. The molecule has 2 aromatic heterocycles. The summed E-state index contributed by atoms with van der Waals surface area (Å²) in [7, 11) is 0. The highest BCUT2D eigenvalue weighted by atomic mass is 27.1. The number of hydrogen-bond donors (Lipinski definition) is 2. The highest BCUT2D eigenvalue weighted by molar-refractivity contribution is 6.55. The van der Waals surface area contributed by atoms with Gasteiger partial charge in [0.1, 0.15) is 5.69 Å². The Hall–Kier alpha value is -1.50. The van der Waals surface area contributed by atoms with Gasteiger partial charge in [-0.15, -0.1) is 4.43 Å². The average Bonchev–Trinajstić information content (AvgIpc) is 3.07. The molecule has 0 fully saturated rings. The third-order valence-corrected chi connectivity index (χ3v) is 6.50. The summed E-state index contributed by atoms with van der Waals surface area (Å²) in [4.78, 5) is 3.61. The van der Waals surface area contributed by atoms with E-state index in [9.17, 15) is 0 Å². The van der Waals surface area contributed by atoms with Crippen LogP contribution < -0.4 is 4.43 Å². The summed E-state index contributed by atoms with van der Waals surface area (Å²) in [6, 6.07) is 9.12. The van der Waals surface area contributed by atoms with Crippen molar-refractivity contribution >= 4 is 30.5 Å². The van der Waals surface area contributed by atoms with E-state index in [0.717, 1.165) is 29.0 Å². The highest BCUT2D eigenvalue weighted by Crippen LogP contribution is 2.38. The smallest absolute Gasteiger partial charge is 0.253 e. The molecule has 2 N–H and O–H groups in total. The molecule has 4 heteroatoms. The lowest BCUT2D eigenvalue weighted by molar-refractivity contribution is 0.312. The number of nitrogens with one attached hydrogen (secondary N) is 2. The summed E-state index contributed by atoms with van der Waals surface area (Å²) in [5, 5.41) is 9.23. The molecule has 0 amide bonds. The fraction of sp³-hybridized carbons (Fsp3) is 0.450. The molecule has 1 aliphatic carbocycles. The molecule has 3 aromatic rings. The number of aromatic nitrogens is 3. The summed E-state index contributed by atoms with van der Waals surface area (Å²) in [6.45, 7) is 9.30. The second-order valence-corrected chi connectivity index (χ2v) is 10.6. The normalized spacial score (nSPS) is 16.5. The quantitative estimate of drug-likeness (QED) is 0.692. The first kappa shape index (κ1) is 16.0. The van der Waals surface area contributed by atoms with Crippen LogP contribution in [-0.2, 0) is 12.8 Å². The zero-order chi connectivity index (χ0) is 16.9. The number of hydrogen-bond acceptors (Lipinski definition) is 1. The van der Waals surface area contributed by atoms with Gasteiger partial charge in [-0.05, 0) is 36.1 Å². The van der Waals surface area contributed by atoms with E-state index < -0.39 is 0 Å². The van der Waals surface area contributed by atoms with Crippen molar-refractivity contribution < 1.29 is 0 Å². The Labute approximate surface area is 150 Å². The second kappa shape index (κ2) is 5.79. The molecule has 0 saturated heterocycles. The van der Waals surface area contributed by atoms with Crippen LogP contribution in [0.25, 0.3) is 22.3 Å². The minimum absolute atomic E-state index is 0.344. The molecule has 2 heterocycles. The van der Waals surface area contributed by atoms with E-state index in [2.05, 4.69) is 67.1 Å². The summed E-state index contributed by atoms with van der Waals surface area (Å²) in [6.07, 6.45) is 3.44. The second-order valence-electron chi connectivity index (χ2n) is 8.31. The Morgan fingerprint density at radius 3 is 2.83 bits per heavy atom. The Morgan fingerprint density at radius 2 is 2.04 bits per heavy atom. The van der Waals surface area contributed by atoms with Crippen LogP contribution in [-0.4, -0.2) is 30.4 Å². The minimum atomic E-state index is 0.344. The van der Waals surface area contributed by atoms with Crippen LogP contribution in [0.15, 0.2) is 24.3 Å². The first-order chi connectivity index (χ1) is 11.4.